The normalized spacial score (nSPS) is 11.8. The second-order valence-electron chi connectivity index (χ2n) is 5.48. The molecule has 1 heterocycles. The molecule has 0 saturated carbocycles. The maximum absolute atomic E-state index is 12.5. The number of aromatic nitrogens is 1. The molecule has 1 aromatic carbocycles. The van der Waals surface area contributed by atoms with Gasteiger partial charge in [0.1, 0.15) is 11.5 Å². The molecule has 28 heavy (non-hydrogen) atoms. The van der Waals surface area contributed by atoms with E-state index in [1.165, 1.54) is 6.07 Å². The van der Waals surface area contributed by atoms with E-state index in [9.17, 15) is 35.5 Å². The van der Waals surface area contributed by atoms with E-state index < -0.39 is 42.4 Å². The second-order valence-corrected chi connectivity index (χ2v) is 5.48. The smallest absolute Gasteiger partial charge is 0.431 e. The lowest BCUT2D eigenvalue weighted by Crippen LogP contribution is -2.11. The Kier molecular flexibility index (Phi) is 6.81. The van der Waals surface area contributed by atoms with Gasteiger partial charge in [-0.05, 0) is 29.3 Å². The van der Waals surface area contributed by atoms with Gasteiger partial charge < -0.3 is 9.47 Å². The minimum absolute atomic E-state index is 0.169. The molecule has 0 N–H and O–H groups in total. The average Bonchev–Trinajstić information content (AvgIpc) is 2.56. The van der Waals surface area contributed by atoms with Gasteiger partial charge in [0.05, 0.1) is 0 Å². The molecule has 0 radical (unpaired) electrons. The number of hydrogen-bond donors (Lipinski definition) is 0. The Hall–Kier alpha value is -2.85. The Labute approximate surface area is 153 Å². The molecule has 0 aliphatic rings. The van der Waals surface area contributed by atoms with Crippen molar-refractivity contribution in [1.29, 1.82) is 0 Å². The fraction of sp³-hybridized carbons (Fsp3) is 0.294. The predicted octanol–water partition coefficient (Wildman–Crippen LogP) is 4.66. The molecule has 0 unspecified atom stereocenters. The summed E-state index contributed by atoms with van der Waals surface area (Å²) in [6.07, 6.45) is -4.25. The highest BCUT2D eigenvalue weighted by Crippen LogP contribution is 2.31. The van der Waals surface area contributed by atoms with Gasteiger partial charge in [-0.3, -0.25) is 9.78 Å². The number of halogens is 7. The molecular formula is C17H12F7NO3. The minimum atomic E-state index is -4.61. The van der Waals surface area contributed by atoms with Gasteiger partial charge in [-0.25, -0.2) is 0 Å². The summed E-state index contributed by atoms with van der Waals surface area (Å²) in [5, 5.41) is 0. The molecule has 0 aliphatic carbocycles. The van der Waals surface area contributed by atoms with Crippen LogP contribution in [0.1, 0.15) is 16.8 Å². The molecule has 152 valence electrons. The first-order valence-corrected chi connectivity index (χ1v) is 7.61. The summed E-state index contributed by atoms with van der Waals surface area (Å²) in [5.74, 6) is -1.76. The number of Topliss-reactive ketones (excluding diaryl/α,β-unsaturated/α-hetero) is 1. The summed E-state index contributed by atoms with van der Waals surface area (Å²) in [4.78, 5) is 15.3. The molecule has 0 spiro atoms. The highest BCUT2D eigenvalue weighted by atomic mass is 19.4. The van der Waals surface area contributed by atoms with Crippen LogP contribution in [0.2, 0.25) is 0 Å². The number of alkyl halides is 7. The summed E-state index contributed by atoms with van der Waals surface area (Å²) >= 11 is 0. The average molecular weight is 411 g/mol. The molecule has 0 aliphatic heterocycles. The van der Waals surface area contributed by atoms with Crippen LogP contribution in [-0.2, 0) is 23.8 Å². The number of rotatable bonds is 8. The third kappa shape index (κ3) is 6.39. The Bertz CT molecular complexity index is 807. The zero-order chi connectivity index (χ0) is 20.9. The quantitative estimate of drug-likeness (QED) is 0.593. The van der Waals surface area contributed by atoms with Gasteiger partial charge in [0.2, 0.25) is 0 Å². The van der Waals surface area contributed by atoms with E-state index in [4.69, 9.17) is 0 Å². The molecule has 0 atom stereocenters. The fourth-order valence-corrected chi connectivity index (χ4v) is 2.26. The van der Waals surface area contributed by atoms with E-state index in [2.05, 4.69) is 14.5 Å². The number of pyridine rings is 1. The molecule has 0 amide bonds. The van der Waals surface area contributed by atoms with Gasteiger partial charge in [0.25, 0.3) is 0 Å². The SMILES string of the molecule is O=C(Cc1ccc(C(F)(F)F)nc1)Cc1ccc(OC(F)F)c(OC(F)F)c1. The Morgan fingerprint density at radius 3 is 2.00 bits per heavy atom. The van der Waals surface area contributed by atoms with Crippen molar-refractivity contribution in [3.05, 3.63) is 53.3 Å². The molecule has 0 bridgehead atoms. The topological polar surface area (TPSA) is 48.4 Å². The van der Waals surface area contributed by atoms with Crippen LogP contribution in [0.3, 0.4) is 0 Å². The number of hydrogen-bond acceptors (Lipinski definition) is 4. The highest BCUT2D eigenvalue weighted by molar-refractivity contribution is 5.83. The van der Waals surface area contributed by atoms with Gasteiger partial charge in [-0.1, -0.05) is 12.1 Å². The zero-order valence-corrected chi connectivity index (χ0v) is 13.9. The third-order valence-corrected chi connectivity index (χ3v) is 3.36. The maximum atomic E-state index is 12.5. The van der Waals surface area contributed by atoms with Gasteiger partial charge >= 0.3 is 19.4 Å². The number of ketones is 1. The van der Waals surface area contributed by atoms with Crippen LogP contribution in [0.4, 0.5) is 30.7 Å². The second kappa shape index (κ2) is 8.89. The monoisotopic (exact) mass is 411 g/mol. The van der Waals surface area contributed by atoms with Crippen LogP contribution >= 0.6 is 0 Å². The summed E-state index contributed by atoms with van der Waals surface area (Å²) in [5.41, 5.74) is -0.714. The van der Waals surface area contributed by atoms with E-state index >= 15 is 0 Å². The molecule has 2 rings (SSSR count). The lowest BCUT2D eigenvalue weighted by atomic mass is 10.0. The van der Waals surface area contributed by atoms with Crippen molar-refractivity contribution < 1.29 is 45.0 Å². The zero-order valence-electron chi connectivity index (χ0n) is 13.9. The number of carbonyl (C=O) groups excluding carboxylic acids is 1. The van der Waals surface area contributed by atoms with Crippen molar-refractivity contribution in [3.63, 3.8) is 0 Å². The lowest BCUT2D eigenvalue weighted by Gasteiger charge is -2.13. The fourth-order valence-electron chi connectivity index (χ4n) is 2.26. The van der Waals surface area contributed by atoms with Gasteiger partial charge in [0, 0.05) is 19.0 Å². The van der Waals surface area contributed by atoms with E-state index in [0.29, 0.717) is 0 Å². The van der Waals surface area contributed by atoms with Crippen molar-refractivity contribution >= 4 is 5.78 Å². The van der Waals surface area contributed by atoms with E-state index in [1.54, 1.807) is 0 Å². The first kappa shape index (κ1) is 21.5. The summed E-state index contributed by atoms with van der Waals surface area (Å²) in [6, 6.07) is 4.93. The molecule has 0 saturated heterocycles. The van der Waals surface area contributed by atoms with E-state index in [0.717, 1.165) is 30.5 Å². The van der Waals surface area contributed by atoms with Crippen LogP contribution in [0, 0.1) is 0 Å². The van der Waals surface area contributed by atoms with Crippen LogP contribution in [-0.4, -0.2) is 24.0 Å². The standard InChI is InChI=1S/C17H12F7NO3/c18-15(19)27-12-3-1-9(7-13(12)28-16(20)21)5-11(26)6-10-2-4-14(25-8-10)17(22,23)24/h1-4,7-8,15-16H,5-6H2. The number of ether oxygens (including phenoxy) is 2. The Morgan fingerprint density at radius 2 is 1.46 bits per heavy atom. The molecule has 1 aromatic heterocycles. The maximum Gasteiger partial charge on any atom is 0.433 e. The highest BCUT2D eigenvalue weighted by Gasteiger charge is 2.32. The number of carbonyl (C=O) groups is 1. The van der Waals surface area contributed by atoms with Gasteiger partial charge in [0.15, 0.2) is 11.5 Å². The minimum Gasteiger partial charge on any atom is -0.431 e. The number of benzene rings is 1. The van der Waals surface area contributed by atoms with Gasteiger partial charge in [-0.2, -0.15) is 30.7 Å². The first-order chi connectivity index (χ1) is 13.0. The van der Waals surface area contributed by atoms with Crippen LogP contribution in [0.5, 0.6) is 11.5 Å². The van der Waals surface area contributed by atoms with Crippen molar-refractivity contribution in [1.82, 2.24) is 4.98 Å². The van der Waals surface area contributed by atoms with Crippen molar-refractivity contribution in [2.45, 2.75) is 32.2 Å². The molecule has 11 heteroatoms. The van der Waals surface area contributed by atoms with Gasteiger partial charge in [-0.15, -0.1) is 0 Å². The molecule has 0 fully saturated rings. The molecule has 2 aromatic rings. The summed E-state index contributed by atoms with van der Waals surface area (Å²) in [6.45, 7) is -6.57. The van der Waals surface area contributed by atoms with Crippen molar-refractivity contribution in [2.75, 3.05) is 0 Å². The predicted molar refractivity (Wildman–Crippen MR) is 81.4 cm³/mol. The lowest BCUT2D eigenvalue weighted by molar-refractivity contribution is -0.141. The Balaban J connectivity index is 2.08. The molecular weight excluding hydrogens is 399 g/mol. The van der Waals surface area contributed by atoms with Crippen LogP contribution in [0.15, 0.2) is 36.5 Å². The van der Waals surface area contributed by atoms with Crippen LogP contribution in [0.25, 0.3) is 0 Å². The van der Waals surface area contributed by atoms with Crippen LogP contribution < -0.4 is 9.47 Å². The van der Waals surface area contributed by atoms with E-state index in [-0.39, 0.29) is 24.0 Å². The third-order valence-electron chi connectivity index (χ3n) is 3.36. The summed E-state index contributed by atoms with van der Waals surface area (Å²) in [7, 11) is 0. The Morgan fingerprint density at radius 1 is 0.893 bits per heavy atom. The number of nitrogens with zero attached hydrogens (tertiary/aromatic N) is 1. The van der Waals surface area contributed by atoms with E-state index in [1.807, 2.05) is 0 Å². The van der Waals surface area contributed by atoms with Crippen molar-refractivity contribution in [2.24, 2.45) is 0 Å². The largest absolute Gasteiger partial charge is 0.433 e. The van der Waals surface area contributed by atoms with Crippen molar-refractivity contribution in [3.8, 4) is 11.5 Å². The first-order valence-electron chi connectivity index (χ1n) is 7.61. The molecule has 4 nitrogen and oxygen atoms in total. The summed E-state index contributed by atoms with van der Waals surface area (Å²) < 4.78 is 95.0.